The predicted molar refractivity (Wildman–Crippen MR) is 72.8 cm³/mol. The maximum Gasteiger partial charge on any atom is 0.119 e. The van der Waals surface area contributed by atoms with E-state index in [2.05, 4.69) is 10.3 Å². The number of halogens is 1. The third-order valence-corrected chi connectivity index (χ3v) is 2.84. The molecule has 102 valence electrons. The van der Waals surface area contributed by atoms with E-state index in [0.29, 0.717) is 13.2 Å². The molecule has 1 unspecified atom stereocenters. The maximum atomic E-state index is 5.92. The fourth-order valence-corrected chi connectivity index (χ4v) is 1.63. The summed E-state index contributed by atoms with van der Waals surface area (Å²) in [4.78, 5) is 0. The molecule has 0 aliphatic carbocycles. The summed E-state index contributed by atoms with van der Waals surface area (Å²) in [6.07, 6.45) is 1.83. The van der Waals surface area contributed by atoms with Crippen molar-refractivity contribution in [1.29, 1.82) is 0 Å². The molecule has 0 saturated heterocycles. The quantitative estimate of drug-likeness (QED) is 0.764. The third-order valence-electron chi connectivity index (χ3n) is 2.61. The molecule has 1 aromatic carbocycles. The standard InChI is InChI=1S/C13H16ClN3O2/c1-10(14)13-9-17(16-15-13)7-8-19-12-5-3-11(18-2)4-6-12/h3-6,9-10H,7-8H2,1-2H3. The number of ether oxygens (including phenoxy) is 2. The van der Waals surface area contributed by atoms with Gasteiger partial charge in [-0.25, -0.2) is 4.68 Å². The summed E-state index contributed by atoms with van der Waals surface area (Å²) in [5.41, 5.74) is 0.770. The third kappa shape index (κ3) is 3.86. The van der Waals surface area contributed by atoms with E-state index in [1.807, 2.05) is 37.4 Å². The Hall–Kier alpha value is -1.75. The van der Waals surface area contributed by atoms with Crippen molar-refractivity contribution in [3.63, 3.8) is 0 Å². The van der Waals surface area contributed by atoms with Gasteiger partial charge in [0.15, 0.2) is 0 Å². The number of hydrogen-bond acceptors (Lipinski definition) is 4. The minimum Gasteiger partial charge on any atom is -0.497 e. The Morgan fingerprint density at radius 1 is 1.26 bits per heavy atom. The fraction of sp³-hybridized carbons (Fsp3) is 0.385. The van der Waals surface area contributed by atoms with Crippen LogP contribution in [0.25, 0.3) is 0 Å². The number of benzene rings is 1. The number of rotatable bonds is 6. The van der Waals surface area contributed by atoms with E-state index in [1.54, 1.807) is 11.8 Å². The molecule has 0 aliphatic heterocycles. The first-order chi connectivity index (χ1) is 9.19. The number of alkyl halides is 1. The molecule has 0 bridgehead atoms. The predicted octanol–water partition coefficient (Wildman–Crippen LogP) is 2.67. The largest absolute Gasteiger partial charge is 0.497 e. The van der Waals surface area contributed by atoms with E-state index < -0.39 is 0 Å². The van der Waals surface area contributed by atoms with Gasteiger partial charge in [-0.1, -0.05) is 5.21 Å². The lowest BCUT2D eigenvalue weighted by atomic mass is 10.3. The van der Waals surface area contributed by atoms with Crippen LogP contribution in [0.2, 0.25) is 0 Å². The van der Waals surface area contributed by atoms with Crippen LogP contribution in [-0.4, -0.2) is 28.7 Å². The zero-order valence-corrected chi connectivity index (χ0v) is 11.7. The van der Waals surface area contributed by atoms with Crippen LogP contribution in [-0.2, 0) is 6.54 Å². The Bertz CT molecular complexity index is 511. The summed E-state index contributed by atoms with van der Waals surface area (Å²) >= 11 is 5.92. The Kier molecular flexibility index (Phi) is 4.63. The van der Waals surface area contributed by atoms with Gasteiger partial charge >= 0.3 is 0 Å². The van der Waals surface area contributed by atoms with Crippen LogP contribution < -0.4 is 9.47 Å². The van der Waals surface area contributed by atoms with E-state index in [9.17, 15) is 0 Å². The first-order valence-corrected chi connectivity index (χ1v) is 6.43. The molecule has 1 atom stereocenters. The van der Waals surface area contributed by atoms with Crippen molar-refractivity contribution >= 4 is 11.6 Å². The van der Waals surface area contributed by atoms with Crippen LogP contribution >= 0.6 is 11.6 Å². The average Bonchev–Trinajstić information content (AvgIpc) is 2.89. The molecule has 5 nitrogen and oxygen atoms in total. The minimum atomic E-state index is -0.128. The van der Waals surface area contributed by atoms with E-state index in [1.165, 1.54) is 0 Å². The average molecular weight is 282 g/mol. The summed E-state index contributed by atoms with van der Waals surface area (Å²) in [5, 5.41) is 7.82. The van der Waals surface area contributed by atoms with Crippen LogP contribution in [0, 0.1) is 0 Å². The second-order valence-corrected chi connectivity index (χ2v) is 4.70. The van der Waals surface area contributed by atoms with Crippen LogP contribution in [0.15, 0.2) is 30.5 Å². The van der Waals surface area contributed by atoms with Crippen molar-refractivity contribution in [2.24, 2.45) is 0 Å². The lowest BCUT2D eigenvalue weighted by molar-refractivity contribution is 0.289. The SMILES string of the molecule is COc1ccc(OCCn2cc(C(C)Cl)nn2)cc1. The van der Waals surface area contributed by atoms with Gasteiger partial charge in [-0.05, 0) is 31.2 Å². The summed E-state index contributed by atoms with van der Waals surface area (Å²) < 4.78 is 12.4. The maximum absolute atomic E-state index is 5.92. The molecular weight excluding hydrogens is 266 g/mol. The zero-order valence-electron chi connectivity index (χ0n) is 10.9. The highest BCUT2D eigenvalue weighted by Crippen LogP contribution is 2.17. The minimum absolute atomic E-state index is 0.128. The molecule has 2 aromatic rings. The Labute approximate surface area is 117 Å². The Morgan fingerprint density at radius 3 is 2.53 bits per heavy atom. The molecule has 6 heteroatoms. The van der Waals surface area contributed by atoms with E-state index >= 15 is 0 Å². The molecule has 0 saturated carbocycles. The smallest absolute Gasteiger partial charge is 0.119 e. The molecular formula is C13H16ClN3O2. The molecule has 0 fully saturated rings. The molecule has 1 aromatic heterocycles. The van der Waals surface area contributed by atoms with Crippen molar-refractivity contribution in [2.45, 2.75) is 18.8 Å². The van der Waals surface area contributed by atoms with Crippen molar-refractivity contribution in [2.75, 3.05) is 13.7 Å². The monoisotopic (exact) mass is 281 g/mol. The Morgan fingerprint density at radius 2 is 1.95 bits per heavy atom. The second kappa shape index (κ2) is 6.43. The van der Waals surface area contributed by atoms with E-state index in [-0.39, 0.29) is 5.38 Å². The highest BCUT2D eigenvalue weighted by atomic mass is 35.5. The van der Waals surface area contributed by atoms with Crippen molar-refractivity contribution in [1.82, 2.24) is 15.0 Å². The number of nitrogens with zero attached hydrogens (tertiary/aromatic N) is 3. The first kappa shape index (κ1) is 13.7. The summed E-state index contributed by atoms with van der Waals surface area (Å²) in [6.45, 7) is 3.01. The summed E-state index contributed by atoms with van der Waals surface area (Å²) in [6, 6.07) is 7.45. The lowest BCUT2D eigenvalue weighted by Gasteiger charge is -2.06. The number of aromatic nitrogens is 3. The van der Waals surface area contributed by atoms with E-state index in [4.69, 9.17) is 21.1 Å². The van der Waals surface area contributed by atoms with Gasteiger partial charge in [-0.3, -0.25) is 0 Å². The summed E-state index contributed by atoms with van der Waals surface area (Å²) in [7, 11) is 1.63. The fourth-order valence-electron chi connectivity index (χ4n) is 1.53. The zero-order chi connectivity index (χ0) is 13.7. The van der Waals surface area contributed by atoms with Crippen LogP contribution in [0.5, 0.6) is 11.5 Å². The number of hydrogen-bond donors (Lipinski definition) is 0. The van der Waals surface area contributed by atoms with Gasteiger partial charge in [0.1, 0.15) is 23.8 Å². The molecule has 19 heavy (non-hydrogen) atoms. The first-order valence-electron chi connectivity index (χ1n) is 6.00. The van der Waals surface area contributed by atoms with Gasteiger partial charge in [0, 0.05) is 0 Å². The lowest BCUT2D eigenvalue weighted by Crippen LogP contribution is -2.08. The number of methoxy groups -OCH3 is 1. The Balaban J connectivity index is 1.81. The van der Waals surface area contributed by atoms with Crippen molar-refractivity contribution in [3.05, 3.63) is 36.2 Å². The van der Waals surface area contributed by atoms with Crippen LogP contribution in [0.1, 0.15) is 18.0 Å². The molecule has 1 heterocycles. The van der Waals surface area contributed by atoms with Gasteiger partial charge < -0.3 is 9.47 Å². The molecule has 0 aliphatic rings. The van der Waals surface area contributed by atoms with Crippen LogP contribution in [0.4, 0.5) is 0 Å². The second-order valence-electron chi connectivity index (χ2n) is 4.05. The highest BCUT2D eigenvalue weighted by Gasteiger charge is 2.06. The van der Waals surface area contributed by atoms with E-state index in [0.717, 1.165) is 17.2 Å². The molecule has 0 amide bonds. The molecule has 2 rings (SSSR count). The van der Waals surface area contributed by atoms with Gasteiger partial charge in [-0.15, -0.1) is 16.7 Å². The van der Waals surface area contributed by atoms with Crippen molar-refractivity contribution < 1.29 is 9.47 Å². The topological polar surface area (TPSA) is 49.2 Å². The van der Waals surface area contributed by atoms with Gasteiger partial charge in [0.05, 0.1) is 25.2 Å². The summed E-state index contributed by atoms with van der Waals surface area (Å²) in [5.74, 6) is 1.61. The van der Waals surface area contributed by atoms with Gasteiger partial charge in [0.2, 0.25) is 0 Å². The normalized spacial score (nSPS) is 12.2. The molecule has 0 radical (unpaired) electrons. The van der Waals surface area contributed by atoms with Gasteiger partial charge in [-0.2, -0.15) is 0 Å². The van der Waals surface area contributed by atoms with Gasteiger partial charge in [0.25, 0.3) is 0 Å². The van der Waals surface area contributed by atoms with Crippen LogP contribution in [0.3, 0.4) is 0 Å². The molecule has 0 spiro atoms. The highest BCUT2D eigenvalue weighted by molar-refractivity contribution is 6.20. The van der Waals surface area contributed by atoms with Crippen molar-refractivity contribution in [3.8, 4) is 11.5 Å². The molecule has 0 N–H and O–H groups in total.